The van der Waals surface area contributed by atoms with Gasteiger partial charge in [0.25, 0.3) is 11.5 Å². The molecule has 4 aromatic rings. The van der Waals surface area contributed by atoms with E-state index in [2.05, 4.69) is 9.97 Å². The number of anilines is 2. The fraction of sp³-hybridized carbons (Fsp3) is 0.394. The van der Waals surface area contributed by atoms with E-state index in [1.165, 1.54) is 9.47 Å². The normalized spacial score (nSPS) is 16.2. The molecule has 2 aliphatic heterocycles. The van der Waals surface area contributed by atoms with Crippen LogP contribution in [0.5, 0.6) is 0 Å². The number of nitrogens with zero attached hydrogens (tertiary/aromatic N) is 4. The molecule has 11 nitrogen and oxygen atoms in total. The summed E-state index contributed by atoms with van der Waals surface area (Å²) in [5.41, 5.74) is 2.59. The van der Waals surface area contributed by atoms with Gasteiger partial charge in [-0.2, -0.15) is 0 Å². The molecule has 0 radical (unpaired) electrons. The van der Waals surface area contributed by atoms with Gasteiger partial charge in [0.15, 0.2) is 21.5 Å². The van der Waals surface area contributed by atoms with Crippen molar-refractivity contribution in [2.45, 2.75) is 56.7 Å². The Morgan fingerprint density at radius 1 is 1.06 bits per heavy atom. The van der Waals surface area contributed by atoms with Crippen molar-refractivity contribution in [2.75, 3.05) is 24.2 Å². The zero-order valence-corrected chi connectivity index (χ0v) is 26.9. The monoisotopic (exact) mass is 667 g/mol. The summed E-state index contributed by atoms with van der Waals surface area (Å²) >= 11 is 0. The lowest BCUT2D eigenvalue weighted by Gasteiger charge is -2.27. The number of aliphatic carboxylic acids is 1. The number of aryl methyl sites for hydroxylation is 1. The molecular formula is C33H35F2N5O6S. The molecule has 14 heteroatoms. The molecule has 1 atom stereocenters. The van der Waals surface area contributed by atoms with Crippen LogP contribution in [0.3, 0.4) is 0 Å². The molecule has 1 aromatic carbocycles. The van der Waals surface area contributed by atoms with Gasteiger partial charge in [-0.15, -0.1) is 0 Å². The van der Waals surface area contributed by atoms with Gasteiger partial charge in [-0.05, 0) is 42.5 Å². The van der Waals surface area contributed by atoms with E-state index in [9.17, 15) is 27.2 Å². The third kappa shape index (κ3) is 6.13. The van der Waals surface area contributed by atoms with Gasteiger partial charge in [-0.1, -0.05) is 19.3 Å². The molecule has 0 spiro atoms. The van der Waals surface area contributed by atoms with Gasteiger partial charge in [0.1, 0.15) is 11.3 Å². The first-order chi connectivity index (χ1) is 22.3. The number of nitrogens with one attached hydrogen (secondary N) is 1. The van der Waals surface area contributed by atoms with Crippen molar-refractivity contribution in [2.24, 2.45) is 7.05 Å². The van der Waals surface area contributed by atoms with Crippen molar-refractivity contribution < 1.29 is 31.9 Å². The predicted octanol–water partition coefficient (Wildman–Crippen LogP) is 5.22. The van der Waals surface area contributed by atoms with E-state index in [4.69, 9.17) is 5.11 Å². The third-order valence-corrected chi connectivity index (χ3v) is 10.6. The molecule has 3 aromatic heterocycles. The van der Waals surface area contributed by atoms with Crippen LogP contribution in [0, 0.1) is 11.6 Å². The van der Waals surface area contributed by atoms with Crippen LogP contribution >= 0.6 is 0 Å². The largest absolute Gasteiger partial charge is 0.481 e. The van der Waals surface area contributed by atoms with Crippen molar-refractivity contribution in [3.05, 3.63) is 75.5 Å². The number of carbonyl (C=O) groups is 2. The molecule has 47 heavy (non-hydrogen) atoms. The smallest absolute Gasteiger partial charge is 0.303 e. The van der Waals surface area contributed by atoms with Crippen LogP contribution < -0.4 is 10.5 Å². The highest BCUT2D eigenvalue weighted by molar-refractivity contribution is 7.90. The molecule has 2 N–H and O–H groups in total. The number of benzene rings is 1. The van der Waals surface area contributed by atoms with Crippen LogP contribution in [0.25, 0.3) is 22.0 Å². The van der Waals surface area contributed by atoms with Gasteiger partial charge >= 0.3 is 5.97 Å². The first-order valence-electron chi connectivity index (χ1n) is 15.5. The van der Waals surface area contributed by atoms with Crippen LogP contribution in [0.1, 0.15) is 71.7 Å². The Balaban J connectivity index is 1.48. The van der Waals surface area contributed by atoms with E-state index in [0.29, 0.717) is 58.2 Å². The minimum Gasteiger partial charge on any atom is -0.481 e. The number of fused-ring (bicyclic) bond motifs is 3. The molecule has 0 aliphatic carbocycles. The highest BCUT2D eigenvalue weighted by atomic mass is 32.2. The van der Waals surface area contributed by atoms with Gasteiger partial charge in [-0.25, -0.2) is 22.2 Å². The first kappa shape index (κ1) is 32.4. The van der Waals surface area contributed by atoms with Crippen molar-refractivity contribution in [1.82, 2.24) is 19.4 Å². The number of carbonyl (C=O) groups excluding carboxylic acids is 1. The van der Waals surface area contributed by atoms with Gasteiger partial charge in [0.05, 0.1) is 23.7 Å². The number of aromatic nitrogens is 3. The lowest BCUT2D eigenvalue weighted by Crippen LogP contribution is -2.32. The SMILES string of the molecule is Cn1cc2c3c(c[nH]c3c1=O)CN(c1ncc(F)cc1F)c1cc3c(cc1-2)C(S(C)(=O)=O)CCN(CCCCCCCC(=O)O)C3=O. The van der Waals surface area contributed by atoms with E-state index in [1.54, 1.807) is 36.5 Å². The first-order valence-corrected chi connectivity index (χ1v) is 17.5. The van der Waals surface area contributed by atoms with E-state index in [1.807, 2.05) is 0 Å². The zero-order valence-electron chi connectivity index (χ0n) is 26.1. The molecule has 0 fully saturated rings. The zero-order chi connectivity index (χ0) is 33.6. The summed E-state index contributed by atoms with van der Waals surface area (Å²) in [6.45, 7) is 0.616. The second kappa shape index (κ2) is 12.5. The number of halogens is 2. The number of aromatic amines is 1. The minimum absolute atomic E-state index is 0.0246. The second-order valence-electron chi connectivity index (χ2n) is 12.3. The molecular weight excluding hydrogens is 632 g/mol. The van der Waals surface area contributed by atoms with Crippen LogP contribution in [-0.4, -0.2) is 64.2 Å². The van der Waals surface area contributed by atoms with Gasteiger partial charge in [-0.3, -0.25) is 14.4 Å². The van der Waals surface area contributed by atoms with Crippen molar-refractivity contribution in [3.8, 4) is 11.1 Å². The number of pyridine rings is 2. The molecule has 6 rings (SSSR count). The molecule has 1 unspecified atom stereocenters. The summed E-state index contributed by atoms with van der Waals surface area (Å²) in [5, 5.41) is 8.43. The Morgan fingerprint density at radius 3 is 2.53 bits per heavy atom. The van der Waals surface area contributed by atoms with Crippen LogP contribution in [0.2, 0.25) is 0 Å². The fourth-order valence-corrected chi connectivity index (χ4v) is 7.97. The average molecular weight is 668 g/mol. The number of amides is 1. The Kier molecular flexibility index (Phi) is 8.64. The standard InChI is InChI=1S/C33H35F2N5O6S/c1-38-18-24-21-13-22-23(32(43)39(11-9-27(22)47(2,45)46)10-7-5-3-4-6-8-28(41)42)14-26(21)40(31-25(35)12-20(34)16-37-31)17-19-15-36-30(29(19)24)33(38)44/h12-16,18,27,36H,3-11,17H2,1-2H3,(H,41,42). The topological polar surface area (TPSA) is 146 Å². The summed E-state index contributed by atoms with van der Waals surface area (Å²) in [7, 11) is -2.10. The Morgan fingerprint density at radius 2 is 1.81 bits per heavy atom. The Bertz CT molecular complexity index is 2080. The lowest BCUT2D eigenvalue weighted by atomic mass is 9.93. The predicted molar refractivity (Wildman–Crippen MR) is 172 cm³/mol. The molecule has 1 amide bonds. The Hall–Kier alpha value is -4.59. The van der Waals surface area contributed by atoms with E-state index in [-0.39, 0.29) is 48.8 Å². The van der Waals surface area contributed by atoms with Crippen LogP contribution in [-0.2, 0) is 28.2 Å². The summed E-state index contributed by atoms with van der Waals surface area (Å²) in [6.07, 6.45) is 9.20. The molecule has 0 saturated heterocycles. The second-order valence-corrected chi connectivity index (χ2v) is 14.6. The third-order valence-electron chi connectivity index (χ3n) is 9.07. The number of hydrogen-bond acceptors (Lipinski definition) is 7. The van der Waals surface area contributed by atoms with Crippen molar-refractivity contribution in [1.29, 1.82) is 0 Å². The van der Waals surface area contributed by atoms with Crippen molar-refractivity contribution in [3.63, 3.8) is 0 Å². The van der Waals surface area contributed by atoms with E-state index >= 15 is 4.39 Å². The quantitative estimate of drug-likeness (QED) is 0.219. The number of hydrogen-bond donors (Lipinski definition) is 2. The number of sulfone groups is 1. The number of carboxylic acid groups (broad SMARTS) is 1. The summed E-state index contributed by atoms with van der Waals surface area (Å²) in [4.78, 5) is 48.3. The molecule has 2 aliphatic rings. The van der Waals surface area contributed by atoms with Crippen LogP contribution in [0.15, 0.2) is 41.6 Å². The minimum atomic E-state index is -3.70. The number of rotatable bonds is 10. The summed E-state index contributed by atoms with van der Waals surface area (Å²) < 4.78 is 57.3. The maximum absolute atomic E-state index is 15.4. The van der Waals surface area contributed by atoms with Crippen LogP contribution in [0.4, 0.5) is 20.3 Å². The molecule has 0 bridgehead atoms. The lowest BCUT2D eigenvalue weighted by molar-refractivity contribution is -0.137. The van der Waals surface area contributed by atoms with Gasteiger partial charge in [0, 0.05) is 73.4 Å². The fourth-order valence-electron chi connectivity index (χ4n) is 6.78. The highest BCUT2D eigenvalue weighted by Crippen LogP contribution is 2.47. The van der Waals surface area contributed by atoms with Gasteiger partial charge in [0.2, 0.25) is 0 Å². The van der Waals surface area contributed by atoms with Crippen molar-refractivity contribution >= 4 is 44.1 Å². The molecule has 0 saturated carbocycles. The molecule has 5 heterocycles. The summed E-state index contributed by atoms with van der Waals surface area (Å²) in [6, 6.07) is 3.96. The maximum atomic E-state index is 15.4. The van der Waals surface area contributed by atoms with Gasteiger partial charge < -0.3 is 24.5 Å². The maximum Gasteiger partial charge on any atom is 0.303 e. The number of carboxylic acids is 1. The van der Waals surface area contributed by atoms with E-state index < -0.39 is 32.7 Å². The summed E-state index contributed by atoms with van der Waals surface area (Å²) in [5.74, 6) is -3.17. The Labute approximate surface area is 269 Å². The number of H-pyrrole nitrogens is 1. The average Bonchev–Trinajstić information content (AvgIpc) is 3.31. The highest BCUT2D eigenvalue weighted by Gasteiger charge is 2.37. The molecule has 248 valence electrons. The number of unbranched alkanes of at least 4 members (excludes halogenated alkanes) is 4. The van der Waals surface area contributed by atoms with E-state index in [0.717, 1.165) is 37.8 Å².